The van der Waals surface area contributed by atoms with Crippen molar-refractivity contribution in [2.24, 2.45) is 11.8 Å². The van der Waals surface area contributed by atoms with E-state index in [1.807, 2.05) is 15.6 Å². The van der Waals surface area contributed by atoms with Crippen LogP contribution < -0.4 is 15.1 Å². The first-order valence-corrected chi connectivity index (χ1v) is 12.1. The Labute approximate surface area is 200 Å². The van der Waals surface area contributed by atoms with Gasteiger partial charge in [-0.25, -0.2) is 13.5 Å². The molecule has 0 amide bonds. The molecule has 0 unspecified atom stereocenters. The van der Waals surface area contributed by atoms with Crippen molar-refractivity contribution in [3.05, 3.63) is 47.2 Å². The van der Waals surface area contributed by atoms with E-state index < -0.39 is 11.6 Å². The highest BCUT2D eigenvalue weighted by molar-refractivity contribution is 6.29. The SMILES string of the molecule is Fc1ccc(N2CCCCn3nc(N[C@@H]4[C@@H]5CC[C@H]4CN(c4cnnc(Cl)c4)C5)nc32)cc1F. The zero-order valence-electron chi connectivity index (χ0n) is 18.5. The monoisotopic (exact) mass is 486 g/mol. The summed E-state index contributed by atoms with van der Waals surface area (Å²) in [5, 5.41) is 16.6. The molecule has 8 nitrogen and oxygen atoms in total. The highest BCUT2D eigenvalue weighted by Crippen LogP contribution is 2.40. The van der Waals surface area contributed by atoms with E-state index in [1.165, 1.54) is 6.07 Å². The Morgan fingerprint density at radius 1 is 0.971 bits per heavy atom. The van der Waals surface area contributed by atoms with Gasteiger partial charge < -0.3 is 15.1 Å². The van der Waals surface area contributed by atoms with Crippen molar-refractivity contribution < 1.29 is 8.78 Å². The van der Waals surface area contributed by atoms with Crippen LogP contribution in [0.3, 0.4) is 0 Å². The Balaban J connectivity index is 1.22. The third kappa shape index (κ3) is 3.93. The molecule has 1 saturated carbocycles. The van der Waals surface area contributed by atoms with Crippen LogP contribution in [0.2, 0.25) is 5.15 Å². The number of benzene rings is 1. The average Bonchev–Trinajstić information content (AvgIpc) is 3.23. The van der Waals surface area contributed by atoms with Crippen LogP contribution in [0.1, 0.15) is 25.7 Å². The van der Waals surface area contributed by atoms with Crippen LogP contribution in [0.5, 0.6) is 0 Å². The molecule has 3 atom stereocenters. The third-order valence-electron chi connectivity index (χ3n) is 7.22. The molecule has 1 saturated heterocycles. The van der Waals surface area contributed by atoms with Gasteiger partial charge in [-0.2, -0.15) is 10.1 Å². The predicted octanol–water partition coefficient (Wildman–Crippen LogP) is 4.26. The number of nitrogens with one attached hydrogen (secondary N) is 1. The maximum absolute atomic E-state index is 13.9. The van der Waals surface area contributed by atoms with Crippen molar-refractivity contribution in [3.8, 4) is 0 Å². The molecule has 6 rings (SSSR count). The van der Waals surface area contributed by atoms with Crippen LogP contribution in [-0.2, 0) is 6.54 Å². The second-order valence-corrected chi connectivity index (χ2v) is 9.71. The summed E-state index contributed by atoms with van der Waals surface area (Å²) in [4.78, 5) is 9.06. The molecular formula is C23H25ClF2N8. The molecule has 1 N–H and O–H groups in total. The molecule has 2 fully saturated rings. The number of halogens is 3. The molecule has 1 aromatic carbocycles. The molecule has 2 bridgehead atoms. The number of nitrogens with zero attached hydrogens (tertiary/aromatic N) is 7. The first kappa shape index (κ1) is 21.5. The summed E-state index contributed by atoms with van der Waals surface area (Å²) >= 11 is 6.05. The highest BCUT2D eigenvalue weighted by atomic mass is 35.5. The van der Waals surface area contributed by atoms with Crippen LogP contribution in [0.25, 0.3) is 0 Å². The van der Waals surface area contributed by atoms with Gasteiger partial charge in [-0.05, 0) is 49.7 Å². The van der Waals surface area contributed by atoms with Gasteiger partial charge in [-0.1, -0.05) is 11.6 Å². The highest BCUT2D eigenvalue weighted by Gasteiger charge is 2.43. The Hall–Kier alpha value is -3.01. The molecule has 2 aromatic heterocycles. The van der Waals surface area contributed by atoms with Crippen molar-refractivity contribution in [1.29, 1.82) is 0 Å². The first-order chi connectivity index (χ1) is 16.5. The first-order valence-electron chi connectivity index (χ1n) is 11.7. The van der Waals surface area contributed by atoms with Crippen LogP contribution >= 0.6 is 11.6 Å². The predicted molar refractivity (Wildman–Crippen MR) is 125 cm³/mol. The van der Waals surface area contributed by atoms with E-state index in [0.717, 1.165) is 57.1 Å². The smallest absolute Gasteiger partial charge is 0.244 e. The van der Waals surface area contributed by atoms with Crippen LogP contribution in [0.4, 0.5) is 32.1 Å². The van der Waals surface area contributed by atoms with E-state index in [-0.39, 0.29) is 6.04 Å². The van der Waals surface area contributed by atoms with Gasteiger partial charge >= 0.3 is 0 Å². The van der Waals surface area contributed by atoms with Gasteiger partial charge in [-0.15, -0.1) is 10.2 Å². The van der Waals surface area contributed by atoms with Gasteiger partial charge in [0, 0.05) is 50.0 Å². The van der Waals surface area contributed by atoms with Gasteiger partial charge in [0.1, 0.15) is 0 Å². The minimum atomic E-state index is -0.861. The quantitative estimate of drug-likeness (QED) is 0.590. The Bertz CT molecular complexity index is 1190. The fraction of sp³-hybridized carbons (Fsp3) is 0.478. The van der Waals surface area contributed by atoms with Crippen molar-refractivity contribution in [2.45, 2.75) is 38.3 Å². The number of fused-ring (bicyclic) bond motifs is 3. The van der Waals surface area contributed by atoms with E-state index in [9.17, 15) is 8.78 Å². The topological polar surface area (TPSA) is 75.0 Å². The van der Waals surface area contributed by atoms with Gasteiger partial charge in [0.05, 0.1) is 11.9 Å². The van der Waals surface area contributed by atoms with Crippen molar-refractivity contribution in [1.82, 2.24) is 25.0 Å². The summed E-state index contributed by atoms with van der Waals surface area (Å²) in [6.07, 6.45) is 5.91. The Morgan fingerprint density at radius 3 is 2.53 bits per heavy atom. The lowest BCUT2D eigenvalue weighted by Gasteiger charge is -2.39. The number of piperidine rings is 1. The molecule has 0 radical (unpaired) electrons. The number of aromatic nitrogens is 5. The van der Waals surface area contributed by atoms with Crippen LogP contribution in [0, 0.1) is 23.5 Å². The summed E-state index contributed by atoms with van der Waals surface area (Å²) < 4.78 is 29.3. The van der Waals surface area contributed by atoms with E-state index in [0.29, 0.717) is 41.1 Å². The molecule has 0 spiro atoms. The summed E-state index contributed by atoms with van der Waals surface area (Å²) in [7, 11) is 0. The summed E-state index contributed by atoms with van der Waals surface area (Å²) in [6.45, 7) is 3.23. The van der Waals surface area contributed by atoms with Crippen LogP contribution in [-0.4, -0.2) is 50.6 Å². The van der Waals surface area contributed by atoms with Gasteiger partial charge in [0.25, 0.3) is 0 Å². The lowest BCUT2D eigenvalue weighted by molar-refractivity contribution is 0.376. The zero-order valence-corrected chi connectivity index (χ0v) is 19.3. The number of rotatable bonds is 4. The van der Waals surface area contributed by atoms with Crippen LogP contribution in [0.15, 0.2) is 30.5 Å². The van der Waals surface area contributed by atoms with Gasteiger partial charge in [-0.3, -0.25) is 0 Å². The molecule has 1 aliphatic carbocycles. The summed E-state index contributed by atoms with van der Waals surface area (Å²) in [5.41, 5.74) is 1.59. The van der Waals surface area contributed by atoms with E-state index in [1.54, 1.807) is 12.3 Å². The second-order valence-electron chi connectivity index (χ2n) is 9.32. The van der Waals surface area contributed by atoms with Crippen molar-refractivity contribution >= 4 is 34.9 Å². The second kappa shape index (κ2) is 8.65. The number of hydrogen-bond donors (Lipinski definition) is 1. The Morgan fingerprint density at radius 2 is 1.76 bits per heavy atom. The largest absolute Gasteiger partial charge is 0.369 e. The summed E-state index contributed by atoms with van der Waals surface area (Å²) in [5.74, 6) is 0.448. The number of aryl methyl sites for hydroxylation is 1. The lowest BCUT2D eigenvalue weighted by Crippen LogP contribution is -2.48. The minimum Gasteiger partial charge on any atom is -0.369 e. The molecule has 4 heterocycles. The fourth-order valence-corrected chi connectivity index (χ4v) is 5.75. The maximum atomic E-state index is 13.9. The molecule has 3 aromatic rings. The van der Waals surface area contributed by atoms with Crippen molar-refractivity contribution in [3.63, 3.8) is 0 Å². The van der Waals surface area contributed by atoms with Gasteiger partial charge in [0.15, 0.2) is 16.8 Å². The maximum Gasteiger partial charge on any atom is 0.244 e. The molecular weight excluding hydrogens is 462 g/mol. The number of anilines is 4. The minimum absolute atomic E-state index is 0.282. The third-order valence-corrected chi connectivity index (χ3v) is 7.40. The molecule has 11 heteroatoms. The molecule has 178 valence electrons. The Kier molecular flexibility index (Phi) is 5.47. The molecule has 2 aliphatic heterocycles. The van der Waals surface area contributed by atoms with Gasteiger partial charge in [0.2, 0.25) is 11.9 Å². The van der Waals surface area contributed by atoms with Crippen molar-refractivity contribution in [2.75, 3.05) is 34.8 Å². The molecule has 34 heavy (non-hydrogen) atoms. The number of hydrogen-bond acceptors (Lipinski definition) is 7. The molecule has 3 aliphatic rings. The zero-order chi connectivity index (χ0) is 23.2. The summed E-state index contributed by atoms with van der Waals surface area (Å²) in [6, 6.07) is 6.12. The van der Waals surface area contributed by atoms with E-state index in [2.05, 4.69) is 20.4 Å². The van der Waals surface area contributed by atoms with E-state index in [4.69, 9.17) is 21.7 Å². The average molecular weight is 487 g/mol. The standard InChI is InChI=1S/C23H25ClF2N8/c24-20-10-17(11-27-30-20)32-12-14-3-4-15(13-32)21(14)28-22-29-23-33(7-1-2-8-34(23)31-22)16-5-6-18(25)19(26)9-16/h5-6,9-11,14-15,21H,1-4,7-8,12-13H2,(H,28,31)/t14-,15+,21-. The lowest BCUT2D eigenvalue weighted by atomic mass is 9.92. The van der Waals surface area contributed by atoms with E-state index >= 15 is 0 Å². The fourth-order valence-electron chi connectivity index (χ4n) is 5.60. The normalized spacial score (nSPS) is 24.1.